The second-order valence-corrected chi connectivity index (χ2v) is 7.93. The van der Waals surface area contributed by atoms with E-state index in [0.717, 1.165) is 50.8 Å². The van der Waals surface area contributed by atoms with Crippen LogP contribution in [0.3, 0.4) is 0 Å². The molecule has 0 bridgehead atoms. The van der Waals surface area contributed by atoms with Gasteiger partial charge in [-0.05, 0) is 39.2 Å². The van der Waals surface area contributed by atoms with Gasteiger partial charge in [0.1, 0.15) is 6.04 Å². The maximum Gasteiger partial charge on any atom is 0.410 e. The van der Waals surface area contributed by atoms with Crippen LogP contribution in [0.25, 0.3) is 0 Å². The summed E-state index contributed by atoms with van der Waals surface area (Å²) in [6.07, 6.45) is 6.76. The summed E-state index contributed by atoms with van der Waals surface area (Å²) in [6.45, 7) is 2.99. The zero-order valence-electron chi connectivity index (χ0n) is 16.2. The lowest BCUT2D eigenvalue weighted by molar-refractivity contribution is -0.140. The Balaban J connectivity index is 1.48. The molecule has 2 saturated heterocycles. The van der Waals surface area contributed by atoms with E-state index in [1.165, 1.54) is 12.8 Å². The van der Waals surface area contributed by atoms with Crippen LogP contribution in [0.5, 0.6) is 0 Å². The fourth-order valence-electron chi connectivity index (χ4n) is 5.04. The Kier molecular flexibility index (Phi) is 4.84. The van der Waals surface area contributed by atoms with Crippen LogP contribution in [0, 0.1) is 0 Å². The number of carbonyl (C=O) groups excluding carboxylic acids is 2. The van der Waals surface area contributed by atoms with Gasteiger partial charge in [-0.25, -0.2) is 9.78 Å². The molecule has 27 heavy (non-hydrogen) atoms. The molecule has 4 heterocycles. The van der Waals surface area contributed by atoms with Crippen LogP contribution in [0.15, 0.2) is 6.33 Å². The number of rotatable bonds is 1. The lowest BCUT2D eigenvalue weighted by atomic mass is 9.79. The first kappa shape index (κ1) is 18.3. The summed E-state index contributed by atoms with van der Waals surface area (Å²) in [5.74, 6) is 0.0654. The molecule has 3 aliphatic rings. The molecule has 0 aromatic carbocycles. The molecule has 1 atom stereocenters. The number of likely N-dealkylation sites (N-methyl/N-ethyl adjacent to an activating group) is 1. The highest BCUT2D eigenvalue weighted by Gasteiger charge is 2.46. The summed E-state index contributed by atoms with van der Waals surface area (Å²) >= 11 is 0. The van der Waals surface area contributed by atoms with Crippen LogP contribution >= 0.6 is 0 Å². The van der Waals surface area contributed by atoms with Gasteiger partial charge in [-0.2, -0.15) is 0 Å². The highest BCUT2D eigenvalue weighted by molar-refractivity contribution is 5.86. The zero-order valence-corrected chi connectivity index (χ0v) is 16.2. The lowest BCUT2D eigenvalue weighted by Crippen LogP contribution is -2.59. The number of ether oxygens (including phenoxy) is 1. The molecule has 148 valence electrons. The number of amides is 2. The number of aromatic amines is 1. The number of piperidine rings is 2. The van der Waals surface area contributed by atoms with Crippen molar-refractivity contribution in [2.45, 2.75) is 50.1 Å². The van der Waals surface area contributed by atoms with Gasteiger partial charge in [0.25, 0.3) is 0 Å². The van der Waals surface area contributed by atoms with Crippen molar-refractivity contribution in [3.05, 3.63) is 17.7 Å². The normalized spacial score (nSPS) is 25.3. The van der Waals surface area contributed by atoms with Gasteiger partial charge in [0, 0.05) is 38.3 Å². The Morgan fingerprint density at radius 1 is 1.22 bits per heavy atom. The van der Waals surface area contributed by atoms with Crippen molar-refractivity contribution in [1.29, 1.82) is 0 Å². The minimum Gasteiger partial charge on any atom is -0.453 e. The van der Waals surface area contributed by atoms with Crippen molar-refractivity contribution < 1.29 is 14.3 Å². The third kappa shape index (κ3) is 2.99. The average Bonchev–Trinajstić information content (AvgIpc) is 3.20. The molecule has 8 heteroatoms. The molecular weight excluding hydrogens is 346 g/mol. The fraction of sp³-hybridized carbons (Fsp3) is 0.737. The van der Waals surface area contributed by atoms with Crippen molar-refractivity contribution in [2.75, 3.05) is 40.3 Å². The summed E-state index contributed by atoms with van der Waals surface area (Å²) in [5, 5.41) is 0. The molecule has 1 aromatic rings. The van der Waals surface area contributed by atoms with Crippen molar-refractivity contribution in [3.8, 4) is 0 Å². The number of hydrogen-bond acceptors (Lipinski definition) is 5. The summed E-state index contributed by atoms with van der Waals surface area (Å²) in [5.41, 5.74) is 2.30. The van der Waals surface area contributed by atoms with E-state index in [1.807, 2.05) is 4.90 Å². The largest absolute Gasteiger partial charge is 0.453 e. The number of carbonyl (C=O) groups is 2. The van der Waals surface area contributed by atoms with E-state index < -0.39 is 6.09 Å². The first-order valence-corrected chi connectivity index (χ1v) is 9.94. The summed E-state index contributed by atoms with van der Waals surface area (Å²) in [7, 11) is 3.54. The highest BCUT2D eigenvalue weighted by Crippen LogP contribution is 2.41. The molecule has 0 unspecified atom stereocenters. The Hall–Kier alpha value is -2.09. The number of hydrogen-bond donors (Lipinski definition) is 1. The Labute approximate surface area is 159 Å². The number of likely N-dealkylation sites (tertiary alicyclic amines) is 2. The molecule has 2 fully saturated rings. The Morgan fingerprint density at radius 3 is 2.74 bits per heavy atom. The SMILES string of the molecule is COC(=O)N1CCCC[C@@H]1C(=O)N1CCC2(CC1)c1nc[nH]c1CCN2C. The van der Waals surface area contributed by atoms with E-state index in [9.17, 15) is 9.59 Å². The van der Waals surface area contributed by atoms with E-state index >= 15 is 0 Å². The maximum atomic E-state index is 13.2. The number of nitrogens with zero attached hydrogens (tertiary/aromatic N) is 4. The smallest absolute Gasteiger partial charge is 0.410 e. The van der Waals surface area contributed by atoms with Gasteiger partial charge in [0.05, 0.1) is 24.7 Å². The average molecular weight is 375 g/mol. The molecule has 8 nitrogen and oxygen atoms in total. The number of fused-ring (bicyclic) bond motifs is 2. The van der Waals surface area contributed by atoms with Crippen LogP contribution < -0.4 is 0 Å². The Bertz CT molecular complexity index is 710. The topological polar surface area (TPSA) is 81.8 Å². The van der Waals surface area contributed by atoms with Crippen LogP contribution in [0.4, 0.5) is 4.79 Å². The number of nitrogens with one attached hydrogen (secondary N) is 1. The molecule has 0 saturated carbocycles. The molecular formula is C19H29N5O3. The van der Waals surface area contributed by atoms with Crippen LogP contribution in [0.2, 0.25) is 0 Å². The number of aromatic nitrogens is 2. The number of H-pyrrole nitrogens is 1. The predicted molar refractivity (Wildman–Crippen MR) is 99.2 cm³/mol. The van der Waals surface area contributed by atoms with E-state index in [-0.39, 0.29) is 17.5 Å². The first-order chi connectivity index (χ1) is 13.1. The van der Waals surface area contributed by atoms with Gasteiger partial charge in [-0.3, -0.25) is 14.6 Å². The number of imidazole rings is 1. The predicted octanol–water partition coefficient (Wildman–Crippen LogP) is 1.34. The quantitative estimate of drug-likeness (QED) is 0.801. The van der Waals surface area contributed by atoms with Crippen LogP contribution in [-0.4, -0.2) is 83.0 Å². The molecule has 4 rings (SSSR count). The van der Waals surface area contributed by atoms with E-state index in [0.29, 0.717) is 19.6 Å². The molecule has 2 amide bonds. The van der Waals surface area contributed by atoms with Gasteiger partial charge in [0.15, 0.2) is 0 Å². The van der Waals surface area contributed by atoms with Crippen LogP contribution in [0.1, 0.15) is 43.5 Å². The van der Waals surface area contributed by atoms with Gasteiger partial charge in [-0.15, -0.1) is 0 Å². The Morgan fingerprint density at radius 2 is 2.00 bits per heavy atom. The van der Waals surface area contributed by atoms with Gasteiger partial charge < -0.3 is 14.6 Å². The minimum atomic E-state index is -0.394. The first-order valence-electron chi connectivity index (χ1n) is 9.94. The third-order valence-corrected chi connectivity index (χ3v) is 6.69. The van der Waals surface area contributed by atoms with Crippen molar-refractivity contribution in [3.63, 3.8) is 0 Å². The van der Waals surface area contributed by atoms with Gasteiger partial charge in [-0.1, -0.05) is 0 Å². The molecule has 3 aliphatic heterocycles. The van der Waals surface area contributed by atoms with E-state index in [4.69, 9.17) is 4.74 Å². The van der Waals surface area contributed by atoms with Crippen LogP contribution in [-0.2, 0) is 21.5 Å². The van der Waals surface area contributed by atoms with E-state index in [1.54, 1.807) is 11.2 Å². The maximum absolute atomic E-state index is 13.2. The summed E-state index contributed by atoms with van der Waals surface area (Å²) < 4.78 is 4.89. The second kappa shape index (κ2) is 7.14. The summed E-state index contributed by atoms with van der Waals surface area (Å²) in [6, 6.07) is -0.384. The summed E-state index contributed by atoms with van der Waals surface area (Å²) in [4.78, 5) is 39.1. The van der Waals surface area contributed by atoms with Gasteiger partial charge in [0.2, 0.25) is 5.91 Å². The molecule has 1 spiro atoms. The van der Waals surface area contributed by atoms with Crippen molar-refractivity contribution in [1.82, 2.24) is 24.7 Å². The highest BCUT2D eigenvalue weighted by atomic mass is 16.5. The van der Waals surface area contributed by atoms with Crippen molar-refractivity contribution in [2.24, 2.45) is 0 Å². The molecule has 0 aliphatic carbocycles. The standard InChI is InChI=1S/C19H29N5O3/c1-22-10-6-14-16(21-13-20-14)19(22)7-11-23(12-8-19)17(25)15-5-3-4-9-24(15)18(26)27-2/h13,15H,3-12H2,1-2H3,(H,20,21)/t15-/m1/s1. The van der Waals surface area contributed by atoms with E-state index in [2.05, 4.69) is 21.9 Å². The third-order valence-electron chi connectivity index (χ3n) is 6.69. The fourth-order valence-corrected chi connectivity index (χ4v) is 5.04. The monoisotopic (exact) mass is 375 g/mol. The lowest BCUT2D eigenvalue weighted by Gasteiger charge is -2.49. The van der Waals surface area contributed by atoms with Gasteiger partial charge >= 0.3 is 6.09 Å². The molecule has 1 N–H and O–H groups in total. The molecule has 0 radical (unpaired) electrons. The van der Waals surface area contributed by atoms with Crippen molar-refractivity contribution >= 4 is 12.0 Å². The second-order valence-electron chi connectivity index (χ2n) is 7.93. The molecule has 1 aromatic heterocycles. The number of methoxy groups -OCH3 is 1. The minimum absolute atomic E-state index is 0.0654. The zero-order chi connectivity index (χ0) is 19.0.